The van der Waals surface area contributed by atoms with Crippen LogP contribution in [0.5, 0.6) is 0 Å². The molecule has 0 amide bonds. The summed E-state index contributed by atoms with van der Waals surface area (Å²) in [6.45, 7) is 0. The van der Waals surface area contributed by atoms with Crippen molar-refractivity contribution in [3.8, 4) is 0 Å². The minimum Gasteiger partial charge on any atom is -0.478 e. The lowest BCUT2D eigenvalue weighted by Gasteiger charge is -2.07. The molecule has 5 nitrogen and oxygen atoms in total. The molecule has 0 aliphatic carbocycles. The summed E-state index contributed by atoms with van der Waals surface area (Å²) < 4.78 is 51.3. The molecule has 0 radical (unpaired) electrons. The zero-order valence-electron chi connectivity index (χ0n) is 10.5. The summed E-state index contributed by atoms with van der Waals surface area (Å²) in [5.74, 6) is -5.28. The van der Waals surface area contributed by atoms with Gasteiger partial charge in [-0.15, -0.1) is 0 Å². The molecule has 1 aromatic carbocycles. The number of aromatic carboxylic acids is 1. The Bertz CT molecular complexity index is 791. The van der Waals surface area contributed by atoms with E-state index in [1.807, 2.05) is 0 Å². The fourth-order valence-corrected chi connectivity index (χ4v) is 3.14. The maximum Gasteiger partial charge on any atom is 0.335 e. The fraction of sp³-hybridized carbons (Fsp3) is 0.0769. The van der Waals surface area contributed by atoms with E-state index in [2.05, 4.69) is 4.98 Å². The average Bonchev–Trinajstić information content (AvgIpc) is 2.41. The van der Waals surface area contributed by atoms with Crippen LogP contribution in [0.2, 0.25) is 0 Å². The largest absolute Gasteiger partial charge is 0.478 e. The van der Waals surface area contributed by atoms with Crippen molar-refractivity contribution in [1.29, 1.82) is 0 Å². The highest BCUT2D eigenvalue weighted by molar-refractivity contribution is 7.90. The van der Waals surface area contributed by atoms with Crippen molar-refractivity contribution in [3.63, 3.8) is 0 Å². The molecule has 0 unspecified atom stereocenters. The van der Waals surface area contributed by atoms with Gasteiger partial charge < -0.3 is 5.11 Å². The smallest absolute Gasteiger partial charge is 0.335 e. The van der Waals surface area contributed by atoms with E-state index in [0.717, 1.165) is 0 Å². The second-order valence-corrected chi connectivity index (χ2v) is 6.15. The first-order valence-corrected chi connectivity index (χ1v) is 7.30. The number of carbonyl (C=O) groups is 1. The third kappa shape index (κ3) is 3.22. The van der Waals surface area contributed by atoms with Crippen LogP contribution in [0.25, 0.3) is 0 Å². The molecule has 0 aliphatic rings. The highest BCUT2D eigenvalue weighted by atomic mass is 32.2. The summed E-state index contributed by atoms with van der Waals surface area (Å²) in [7, 11) is -4.24. The molecule has 0 saturated heterocycles. The monoisotopic (exact) mass is 313 g/mol. The van der Waals surface area contributed by atoms with E-state index in [-0.39, 0.29) is 5.56 Å². The Morgan fingerprint density at radius 1 is 1.29 bits per heavy atom. The first kappa shape index (κ1) is 15.0. The third-order valence-electron chi connectivity index (χ3n) is 2.66. The number of sulfone groups is 1. The van der Waals surface area contributed by atoms with E-state index >= 15 is 0 Å². The minimum absolute atomic E-state index is 0.276. The van der Waals surface area contributed by atoms with Gasteiger partial charge in [-0.25, -0.2) is 22.0 Å². The van der Waals surface area contributed by atoms with Gasteiger partial charge in [0.15, 0.2) is 21.5 Å². The van der Waals surface area contributed by atoms with Gasteiger partial charge in [0.25, 0.3) is 0 Å². The number of benzene rings is 1. The maximum absolute atomic E-state index is 13.7. The quantitative estimate of drug-likeness (QED) is 0.933. The van der Waals surface area contributed by atoms with Gasteiger partial charge in [0.1, 0.15) is 4.90 Å². The number of nitrogens with zero attached hydrogens (tertiary/aromatic N) is 1. The maximum atomic E-state index is 13.7. The number of carboxylic acid groups (broad SMARTS) is 1. The molecule has 1 aromatic heterocycles. The van der Waals surface area contributed by atoms with Crippen molar-refractivity contribution in [2.45, 2.75) is 10.6 Å². The molecule has 2 rings (SSSR count). The van der Waals surface area contributed by atoms with Crippen molar-refractivity contribution in [3.05, 3.63) is 59.4 Å². The number of aromatic nitrogens is 1. The lowest BCUT2D eigenvalue weighted by atomic mass is 10.2. The Labute approximate surface area is 118 Å². The second-order valence-electron chi connectivity index (χ2n) is 4.20. The highest BCUT2D eigenvalue weighted by Gasteiger charge is 2.25. The SMILES string of the molecule is O=C(O)c1cc(F)c(F)c(S(=O)(=O)Cc2cccnc2)c1. The third-order valence-corrected chi connectivity index (χ3v) is 4.34. The molecule has 0 saturated carbocycles. The van der Waals surface area contributed by atoms with E-state index in [4.69, 9.17) is 5.11 Å². The molecule has 8 heteroatoms. The molecule has 2 aromatic rings. The van der Waals surface area contributed by atoms with Gasteiger partial charge >= 0.3 is 5.97 Å². The van der Waals surface area contributed by atoms with Crippen LogP contribution in [0.3, 0.4) is 0 Å². The van der Waals surface area contributed by atoms with Crippen LogP contribution in [-0.2, 0) is 15.6 Å². The number of rotatable bonds is 4. The molecule has 1 heterocycles. The van der Waals surface area contributed by atoms with Crippen molar-refractivity contribution >= 4 is 15.8 Å². The summed E-state index contributed by atoms with van der Waals surface area (Å²) in [5, 5.41) is 8.79. The van der Waals surface area contributed by atoms with E-state index in [0.29, 0.717) is 12.1 Å². The Hall–Kier alpha value is -2.35. The molecule has 0 spiro atoms. The van der Waals surface area contributed by atoms with Gasteiger partial charge in [0.2, 0.25) is 0 Å². The van der Waals surface area contributed by atoms with E-state index in [1.165, 1.54) is 24.5 Å². The first-order chi connectivity index (χ1) is 9.81. The summed E-state index contributed by atoms with van der Waals surface area (Å²) in [6.07, 6.45) is 2.70. The van der Waals surface area contributed by atoms with Crippen LogP contribution in [0.4, 0.5) is 8.78 Å². The Morgan fingerprint density at radius 3 is 2.57 bits per heavy atom. The van der Waals surface area contributed by atoms with Crippen LogP contribution in [0.1, 0.15) is 15.9 Å². The molecular weight excluding hydrogens is 304 g/mol. The lowest BCUT2D eigenvalue weighted by molar-refractivity contribution is 0.0696. The van der Waals surface area contributed by atoms with Crippen LogP contribution in [-0.4, -0.2) is 24.5 Å². The van der Waals surface area contributed by atoms with Gasteiger partial charge in [-0.3, -0.25) is 4.98 Å². The summed E-state index contributed by atoms with van der Waals surface area (Å²) >= 11 is 0. The molecule has 110 valence electrons. The topological polar surface area (TPSA) is 84.3 Å². The molecule has 0 bridgehead atoms. The van der Waals surface area contributed by atoms with Gasteiger partial charge in [0, 0.05) is 12.4 Å². The number of pyridine rings is 1. The number of hydrogen-bond acceptors (Lipinski definition) is 4. The molecular formula is C13H9F2NO4S. The fourth-order valence-electron chi connectivity index (χ4n) is 1.69. The van der Waals surface area contributed by atoms with Crippen molar-refractivity contribution in [2.75, 3.05) is 0 Å². The van der Waals surface area contributed by atoms with Gasteiger partial charge in [-0.05, 0) is 23.8 Å². The molecule has 0 atom stereocenters. The lowest BCUT2D eigenvalue weighted by Crippen LogP contribution is -2.11. The van der Waals surface area contributed by atoms with Gasteiger partial charge in [-0.1, -0.05) is 6.07 Å². The highest BCUT2D eigenvalue weighted by Crippen LogP contribution is 2.23. The zero-order chi connectivity index (χ0) is 15.6. The summed E-state index contributed by atoms with van der Waals surface area (Å²) in [4.78, 5) is 13.5. The predicted molar refractivity (Wildman–Crippen MR) is 68.4 cm³/mol. The molecule has 0 fully saturated rings. The average molecular weight is 313 g/mol. The van der Waals surface area contributed by atoms with Crippen LogP contribution < -0.4 is 0 Å². The van der Waals surface area contributed by atoms with Crippen molar-refractivity contribution in [1.82, 2.24) is 4.98 Å². The normalized spacial score (nSPS) is 11.3. The number of halogens is 2. The molecule has 0 aliphatic heterocycles. The number of carboxylic acids is 1. The van der Waals surface area contributed by atoms with Crippen LogP contribution in [0, 0.1) is 11.6 Å². The van der Waals surface area contributed by atoms with Crippen LogP contribution in [0.15, 0.2) is 41.6 Å². The summed E-state index contributed by atoms with van der Waals surface area (Å²) in [5.41, 5.74) is -0.364. The Morgan fingerprint density at radius 2 is 2.00 bits per heavy atom. The molecule has 1 N–H and O–H groups in total. The predicted octanol–water partition coefficient (Wildman–Crippen LogP) is 2.03. The number of hydrogen-bond donors (Lipinski definition) is 1. The standard InChI is InChI=1S/C13H9F2NO4S/c14-10-4-9(13(17)18)5-11(12(10)15)21(19,20)7-8-2-1-3-16-6-8/h1-6H,7H2,(H,17,18). The Balaban J connectivity index is 2.52. The summed E-state index contributed by atoms with van der Waals surface area (Å²) in [6, 6.07) is 3.99. The van der Waals surface area contributed by atoms with E-state index in [1.54, 1.807) is 0 Å². The van der Waals surface area contributed by atoms with Crippen LogP contribution >= 0.6 is 0 Å². The van der Waals surface area contributed by atoms with Gasteiger partial charge in [0.05, 0.1) is 11.3 Å². The molecule has 21 heavy (non-hydrogen) atoms. The zero-order valence-corrected chi connectivity index (χ0v) is 11.3. The van der Waals surface area contributed by atoms with E-state index < -0.39 is 43.7 Å². The van der Waals surface area contributed by atoms with Gasteiger partial charge in [-0.2, -0.15) is 0 Å². The Kier molecular flexibility index (Phi) is 3.99. The van der Waals surface area contributed by atoms with E-state index in [9.17, 15) is 22.0 Å². The second kappa shape index (κ2) is 5.57. The van der Waals surface area contributed by atoms with Crippen molar-refractivity contribution < 1.29 is 27.1 Å². The first-order valence-electron chi connectivity index (χ1n) is 5.65. The van der Waals surface area contributed by atoms with Crippen molar-refractivity contribution in [2.24, 2.45) is 0 Å². The minimum atomic E-state index is -4.24.